The van der Waals surface area contributed by atoms with Gasteiger partial charge in [0.15, 0.2) is 16.3 Å². The number of hydrogen-bond acceptors (Lipinski definition) is 8. The second-order valence-electron chi connectivity index (χ2n) is 8.33. The summed E-state index contributed by atoms with van der Waals surface area (Å²) in [4.78, 5) is 32.1. The fourth-order valence-corrected chi connectivity index (χ4v) is 6.72. The second kappa shape index (κ2) is 12.4. The molecule has 0 unspecified atom stereocenters. The largest absolute Gasteiger partial charge is 0.493 e. The highest BCUT2D eigenvalue weighted by Gasteiger charge is 2.34. The molecule has 0 bridgehead atoms. The molecule has 0 amide bonds. The molecule has 1 aliphatic rings. The predicted molar refractivity (Wildman–Crippen MR) is 157 cm³/mol. The molecule has 1 aromatic heterocycles. The SMILES string of the molecule is C=CCOc1c(Br)cc(/C=c2\sc3n(c2=O)[C@H](c2ccc(OC)c(OC)c2)C(C(=O)OCC)=C(C)N=3)cc1Br. The minimum atomic E-state index is -0.768. The first-order chi connectivity index (χ1) is 18.7. The number of carbonyl (C=O) groups excluding carboxylic acids is 1. The second-order valence-corrected chi connectivity index (χ2v) is 11.0. The van der Waals surface area contributed by atoms with Crippen LogP contribution < -0.4 is 29.1 Å². The Labute approximate surface area is 246 Å². The molecule has 204 valence electrons. The summed E-state index contributed by atoms with van der Waals surface area (Å²) in [5.74, 6) is 1.11. The average molecular weight is 678 g/mol. The summed E-state index contributed by atoms with van der Waals surface area (Å²) in [7, 11) is 3.08. The highest BCUT2D eigenvalue weighted by molar-refractivity contribution is 9.11. The number of fused-ring (bicyclic) bond motifs is 1. The van der Waals surface area contributed by atoms with Gasteiger partial charge in [-0.3, -0.25) is 9.36 Å². The third kappa shape index (κ3) is 5.75. The zero-order chi connectivity index (χ0) is 28.3. The lowest BCUT2D eigenvalue weighted by Crippen LogP contribution is -2.40. The molecular formula is C28H26Br2N2O6S. The molecule has 1 aliphatic heterocycles. The minimum Gasteiger partial charge on any atom is -0.493 e. The van der Waals surface area contributed by atoms with Crippen LogP contribution in [0, 0.1) is 0 Å². The van der Waals surface area contributed by atoms with Gasteiger partial charge in [0.25, 0.3) is 5.56 Å². The molecule has 3 aromatic rings. The number of benzene rings is 2. The van der Waals surface area contributed by atoms with E-state index in [4.69, 9.17) is 18.9 Å². The third-order valence-electron chi connectivity index (χ3n) is 5.90. The van der Waals surface area contributed by atoms with E-state index in [1.165, 1.54) is 23.0 Å². The number of carbonyl (C=O) groups is 1. The van der Waals surface area contributed by atoms with Gasteiger partial charge >= 0.3 is 5.97 Å². The zero-order valence-corrected chi connectivity index (χ0v) is 25.7. The van der Waals surface area contributed by atoms with E-state index in [1.54, 1.807) is 51.3 Å². The summed E-state index contributed by atoms with van der Waals surface area (Å²) in [6.45, 7) is 7.70. The summed E-state index contributed by atoms with van der Waals surface area (Å²) >= 11 is 8.33. The van der Waals surface area contributed by atoms with Crippen LogP contribution in [0.1, 0.15) is 31.0 Å². The van der Waals surface area contributed by atoms with E-state index in [0.29, 0.717) is 44.4 Å². The zero-order valence-electron chi connectivity index (χ0n) is 21.7. The van der Waals surface area contributed by atoms with E-state index in [0.717, 1.165) is 14.5 Å². The lowest BCUT2D eigenvalue weighted by atomic mass is 9.95. The summed E-state index contributed by atoms with van der Waals surface area (Å²) < 4.78 is 25.4. The van der Waals surface area contributed by atoms with Crippen molar-refractivity contribution in [1.29, 1.82) is 0 Å². The average Bonchev–Trinajstić information content (AvgIpc) is 3.21. The molecule has 0 N–H and O–H groups in total. The molecule has 2 aromatic carbocycles. The number of halogens is 2. The Bertz CT molecular complexity index is 1630. The maximum Gasteiger partial charge on any atom is 0.338 e. The quantitative estimate of drug-likeness (QED) is 0.237. The van der Waals surface area contributed by atoms with Crippen molar-refractivity contribution in [2.45, 2.75) is 19.9 Å². The van der Waals surface area contributed by atoms with Gasteiger partial charge in [-0.25, -0.2) is 9.79 Å². The topological polar surface area (TPSA) is 88.3 Å². The van der Waals surface area contributed by atoms with Crippen LogP contribution in [0.25, 0.3) is 6.08 Å². The van der Waals surface area contributed by atoms with Crippen molar-refractivity contribution in [3.05, 3.63) is 94.0 Å². The molecule has 2 heterocycles. The smallest absolute Gasteiger partial charge is 0.338 e. The summed E-state index contributed by atoms with van der Waals surface area (Å²) in [5, 5.41) is 0. The van der Waals surface area contributed by atoms with Crippen molar-refractivity contribution >= 4 is 55.2 Å². The fourth-order valence-electron chi connectivity index (χ4n) is 4.22. The van der Waals surface area contributed by atoms with Gasteiger partial charge in [-0.2, -0.15) is 0 Å². The van der Waals surface area contributed by atoms with Crippen molar-refractivity contribution in [3.8, 4) is 17.2 Å². The van der Waals surface area contributed by atoms with E-state index in [1.807, 2.05) is 12.1 Å². The maximum atomic E-state index is 13.9. The van der Waals surface area contributed by atoms with Crippen LogP contribution in [-0.2, 0) is 9.53 Å². The molecule has 0 aliphatic carbocycles. The Morgan fingerprint density at radius 2 is 1.85 bits per heavy atom. The number of hydrogen-bond donors (Lipinski definition) is 0. The monoisotopic (exact) mass is 676 g/mol. The number of nitrogens with zero attached hydrogens (tertiary/aromatic N) is 2. The molecule has 4 rings (SSSR count). The Hall–Kier alpha value is -3.15. The predicted octanol–water partition coefficient (Wildman–Crippen LogP) is 4.91. The van der Waals surface area contributed by atoms with Crippen molar-refractivity contribution in [2.75, 3.05) is 27.4 Å². The minimum absolute atomic E-state index is 0.189. The lowest BCUT2D eigenvalue weighted by Gasteiger charge is -2.25. The summed E-state index contributed by atoms with van der Waals surface area (Å²) in [5.41, 5.74) is 1.92. The highest BCUT2D eigenvalue weighted by Crippen LogP contribution is 2.37. The number of thiazole rings is 1. The first-order valence-corrected chi connectivity index (χ1v) is 14.3. The number of rotatable bonds is 9. The van der Waals surface area contributed by atoms with Crippen LogP contribution >= 0.6 is 43.2 Å². The van der Waals surface area contributed by atoms with Gasteiger partial charge in [-0.1, -0.05) is 30.1 Å². The van der Waals surface area contributed by atoms with E-state index in [9.17, 15) is 9.59 Å². The molecule has 39 heavy (non-hydrogen) atoms. The number of methoxy groups -OCH3 is 2. The molecular weight excluding hydrogens is 652 g/mol. The Morgan fingerprint density at radius 3 is 2.46 bits per heavy atom. The van der Waals surface area contributed by atoms with Crippen molar-refractivity contribution < 1.29 is 23.7 Å². The van der Waals surface area contributed by atoms with E-state index < -0.39 is 12.0 Å². The Morgan fingerprint density at radius 1 is 1.15 bits per heavy atom. The Balaban J connectivity index is 1.92. The van der Waals surface area contributed by atoms with Gasteiger partial charge in [0.05, 0.1) is 51.6 Å². The van der Waals surface area contributed by atoms with Crippen LogP contribution in [0.2, 0.25) is 0 Å². The summed E-state index contributed by atoms with van der Waals surface area (Å²) in [6, 6.07) is 8.26. The standard InChI is InChI=1S/C28H26Br2N2O6S/c1-6-10-38-25-18(29)11-16(12-19(25)30)13-22-26(33)32-24(17-8-9-20(35-4)21(14-17)36-5)23(27(34)37-7-2)15(3)31-28(32)39-22/h6,8-9,11-14,24H,1,7,10H2,2-5H3/b22-13-/t24-/m1/s1. The molecule has 0 radical (unpaired) electrons. The molecule has 1 atom stereocenters. The Kier molecular flexibility index (Phi) is 9.14. The van der Waals surface area contributed by atoms with E-state index in [-0.39, 0.29) is 17.7 Å². The first-order valence-electron chi connectivity index (χ1n) is 11.9. The maximum absolute atomic E-state index is 13.9. The van der Waals surface area contributed by atoms with Gasteiger partial charge in [0.1, 0.15) is 12.4 Å². The molecule has 8 nitrogen and oxygen atoms in total. The molecule has 0 saturated carbocycles. The fraction of sp³-hybridized carbons (Fsp3) is 0.250. The van der Waals surface area contributed by atoms with Gasteiger partial charge in [-0.15, -0.1) is 0 Å². The van der Waals surface area contributed by atoms with Gasteiger partial charge in [-0.05, 0) is 87.2 Å². The van der Waals surface area contributed by atoms with Crippen molar-refractivity contribution in [3.63, 3.8) is 0 Å². The van der Waals surface area contributed by atoms with Gasteiger partial charge in [0, 0.05) is 0 Å². The molecule has 0 saturated heterocycles. The van der Waals surface area contributed by atoms with Crippen molar-refractivity contribution in [1.82, 2.24) is 4.57 Å². The van der Waals surface area contributed by atoms with Crippen LogP contribution in [-0.4, -0.2) is 38.0 Å². The molecule has 0 fully saturated rings. The lowest BCUT2D eigenvalue weighted by molar-refractivity contribution is -0.139. The third-order valence-corrected chi connectivity index (χ3v) is 8.07. The first kappa shape index (κ1) is 28.8. The van der Waals surface area contributed by atoms with Crippen LogP contribution in [0.3, 0.4) is 0 Å². The molecule has 11 heteroatoms. The number of esters is 1. The van der Waals surface area contributed by atoms with E-state index in [2.05, 4.69) is 43.4 Å². The number of allylic oxidation sites excluding steroid dienone is 1. The highest BCUT2D eigenvalue weighted by atomic mass is 79.9. The molecule has 0 spiro atoms. The van der Waals surface area contributed by atoms with Crippen LogP contribution in [0.5, 0.6) is 17.2 Å². The number of aromatic nitrogens is 1. The summed E-state index contributed by atoms with van der Waals surface area (Å²) in [6.07, 6.45) is 3.45. The van der Waals surface area contributed by atoms with Gasteiger partial charge < -0.3 is 18.9 Å². The van der Waals surface area contributed by atoms with Crippen LogP contribution in [0.4, 0.5) is 0 Å². The normalized spacial score (nSPS) is 14.9. The number of ether oxygens (including phenoxy) is 4. The van der Waals surface area contributed by atoms with Gasteiger partial charge in [0.2, 0.25) is 0 Å². The van der Waals surface area contributed by atoms with Crippen molar-refractivity contribution in [2.24, 2.45) is 4.99 Å². The van der Waals surface area contributed by atoms with Crippen LogP contribution in [0.15, 0.2) is 73.0 Å². The van der Waals surface area contributed by atoms with E-state index >= 15 is 0 Å².